The summed E-state index contributed by atoms with van der Waals surface area (Å²) >= 11 is 1.36. The molecule has 1 aromatic heterocycles. The van der Waals surface area contributed by atoms with E-state index < -0.39 is 23.4 Å². The van der Waals surface area contributed by atoms with Crippen LogP contribution >= 0.6 is 11.3 Å². The lowest BCUT2D eigenvalue weighted by Crippen LogP contribution is -2.44. The molecule has 2 fully saturated rings. The van der Waals surface area contributed by atoms with Crippen molar-refractivity contribution in [3.63, 3.8) is 0 Å². The first-order chi connectivity index (χ1) is 12.9. The summed E-state index contributed by atoms with van der Waals surface area (Å²) in [5.74, 6) is -1.40. The average molecular weight is 390 g/mol. The van der Waals surface area contributed by atoms with E-state index in [1.165, 1.54) is 11.3 Å². The fraction of sp³-hybridized carbons (Fsp3) is 0.556. The van der Waals surface area contributed by atoms with Crippen molar-refractivity contribution < 1.29 is 19.2 Å². The van der Waals surface area contributed by atoms with Gasteiger partial charge >= 0.3 is 6.03 Å². The Kier molecular flexibility index (Phi) is 4.41. The van der Waals surface area contributed by atoms with E-state index in [2.05, 4.69) is 10.6 Å². The number of urea groups is 1. The number of nitrogens with zero attached hydrogens (tertiary/aromatic N) is 1. The molecule has 2 heterocycles. The van der Waals surface area contributed by atoms with E-state index in [-0.39, 0.29) is 12.5 Å². The first-order valence-corrected chi connectivity index (χ1v) is 10.1. The lowest BCUT2D eigenvalue weighted by atomic mass is 9.95. The van der Waals surface area contributed by atoms with E-state index in [0.717, 1.165) is 53.9 Å². The maximum atomic E-state index is 12.7. The van der Waals surface area contributed by atoms with Gasteiger partial charge in [0, 0.05) is 4.88 Å². The minimum atomic E-state index is -0.836. The summed E-state index contributed by atoms with van der Waals surface area (Å²) in [4.78, 5) is 51.3. The monoisotopic (exact) mass is 390 g/mol. The van der Waals surface area contributed by atoms with Crippen molar-refractivity contribution in [2.24, 2.45) is 5.73 Å². The summed E-state index contributed by atoms with van der Waals surface area (Å²) in [6.07, 6.45) is 6.66. The third-order valence-corrected chi connectivity index (χ3v) is 6.88. The Morgan fingerprint density at radius 3 is 2.56 bits per heavy atom. The summed E-state index contributed by atoms with van der Waals surface area (Å²) in [6, 6.07) is -0.530. The SMILES string of the molecule is NC(=O)c1c(NC(=O)CN2C(=O)NC3(CCCC3)C2=O)sc2c1CCCC2. The van der Waals surface area contributed by atoms with Crippen LogP contribution in [-0.2, 0) is 22.4 Å². The minimum absolute atomic E-state index is 0.333. The molecule has 1 saturated heterocycles. The van der Waals surface area contributed by atoms with Gasteiger partial charge in [0.2, 0.25) is 5.91 Å². The second kappa shape index (κ2) is 6.63. The standard InChI is InChI=1S/C18H22N4O4S/c19-14(24)13-10-5-1-2-6-11(10)27-15(13)20-12(23)9-22-16(25)18(21-17(22)26)7-3-4-8-18/h1-9H2,(H2,19,24)(H,20,23)(H,21,26). The molecule has 2 aliphatic carbocycles. The Morgan fingerprint density at radius 2 is 1.85 bits per heavy atom. The predicted octanol–water partition coefficient (Wildman–Crippen LogP) is 1.53. The molecule has 0 unspecified atom stereocenters. The van der Waals surface area contributed by atoms with Crippen LogP contribution in [-0.4, -0.2) is 40.7 Å². The molecular formula is C18H22N4O4S. The van der Waals surface area contributed by atoms with Crippen molar-refractivity contribution >= 4 is 40.1 Å². The van der Waals surface area contributed by atoms with Gasteiger partial charge in [-0.1, -0.05) is 12.8 Å². The second-order valence-corrected chi connectivity index (χ2v) is 8.54. The average Bonchev–Trinajstić information content (AvgIpc) is 3.28. The van der Waals surface area contributed by atoms with Gasteiger partial charge in [0.15, 0.2) is 0 Å². The highest BCUT2D eigenvalue weighted by Gasteiger charge is 2.52. The number of anilines is 1. The van der Waals surface area contributed by atoms with Gasteiger partial charge in [-0.2, -0.15) is 0 Å². The number of hydrogen-bond acceptors (Lipinski definition) is 5. The molecule has 1 spiro atoms. The van der Waals surface area contributed by atoms with Gasteiger partial charge in [-0.25, -0.2) is 4.79 Å². The van der Waals surface area contributed by atoms with Crippen molar-refractivity contribution in [1.82, 2.24) is 10.2 Å². The summed E-state index contributed by atoms with van der Waals surface area (Å²) in [5, 5.41) is 5.87. The fourth-order valence-corrected chi connectivity index (χ4v) is 5.67. The van der Waals surface area contributed by atoms with Crippen LogP contribution in [0.3, 0.4) is 0 Å². The van der Waals surface area contributed by atoms with Crippen LogP contribution in [0.5, 0.6) is 0 Å². The topological polar surface area (TPSA) is 122 Å². The van der Waals surface area contributed by atoms with E-state index in [4.69, 9.17) is 5.73 Å². The molecule has 8 nitrogen and oxygen atoms in total. The van der Waals surface area contributed by atoms with Crippen LogP contribution in [0.1, 0.15) is 59.3 Å². The highest BCUT2D eigenvalue weighted by atomic mass is 32.1. The van der Waals surface area contributed by atoms with Crippen LogP contribution in [0, 0.1) is 0 Å². The van der Waals surface area contributed by atoms with Crippen molar-refractivity contribution in [3.05, 3.63) is 16.0 Å². The number of primary amides is 1. The Bertz CT molecular complexity index is 841. The molecule has 4 N–H and O–H groups in total. The maximum absolute atomic E-state index is 12.7. The van der Waals surface area contributed by atoms with Crippen molar-refractivity contribution in [3.8, 4) is 0 Å². The zero-order valence-corrected chi connectivity index (χ0v) is 15.7. The van der Waals surface area contributed by atoms with Crippen molar-refractivity contribution in [2.45, 2.75) is 56.9 Å². The number of nitrogens with one attached hydrogen (secondary N) is 2. The molecule has 0 atom stereocenters. The molecule has 1 aliphatic heterocycles. The van der Waals surface area contributed by atoms with Gasteiger partial charge in [-0.05, 0) is 44.1 Å². The summed E-state index contributed by atoms with van der Waals surface area (Å²) in [7, 11) is 0. The van der Waals surface area contributed by atoms with E-state index in [1.807, 2.05) is 0 Å². The lowest BCUT2D eigenvalue weighted by Gasteiger charge is -2.19. The molecule has 4 rings (SSSR count). The number of amides is 5. The highest BCUT2D eigenvalue weighted by molar-refractivity contribution is 7.17. The van der Waals surface area contributed by atoms with Gasteiger partial charge in [-0.15, -0.1) is 11.3 Å². The van der Waals surface area contributed by atoms with Gasteiger partial charge in [-0.3, -0.25) is 19.3 Å². The quantitative estimate of drug-likeness (QED) is 0.675. The highest BCUT2D eigenvalue weighted by Crippen LogP contribution is 2.38. The summed E-state index contributed by atoms with van der Waals surface area (Å²) < 4.78 is 0. The number of rotatable bonds is 4. The van der Waals surface area contributed by atoms with E-state index in [0.29, 0.717) is 23.4 Å². The molecule has 144 valence electrons. The Balaban J connectivity index is 1.50. The normalized spacial score (nSPS) is 20.7. The van der Waals surface area contributed by atoms with Gasteiger partial charge in [0.1, 0.15) is 17.1 Å². The van der Waals surface area contributed by atoms with Gasteiger partial charge < -0.3 is 16.4 Å². The minimum Gasteiger partial charge on any atom is -0.365 e. The third-order valence-electron chi connectivity index (χ3n) is 5.68. The van der Waals surface area contributed by atoms with Crippen LogP contribution in [0.25, 0.3) is 0 Å². The lowest BCUT2D eigenvalue weighted by molar-refractivity contribution is -0.133. The Morgan fingerprint density at radius 1 is 1.15 bits per heavy atom. The zero-order chi connectivity index (χ0) is 19.2. The van der Waals surface area contributed by atoms with E-state index in [1.54, 1.807) is 0 Å². The largest absolute Gasteiger partial charge is 0.365 e. The predicted molar refractivity (Wildman–Crippen MR) is 99.6 cm³/mol. The van der Waals surface area contributed by atoms with E-state index >= 15 is 0 Å². The fourth-order valence-electron chi connectivity index (χ4n) is 4.36. The number of nitrogens with two attached hydrogens (primary N) is 1. The van der Waals surface area contributed by atoms with Crippen LogP contribution in [0.4, 0.5) is 9.80 Å². The number of carbonyl (C=O) groups is 4. The number of fused-ring (bicyclic) bond motifs is 1. The molecule has 0 radical (unpaired) electrons. The number of hydrogen-bond donors (Lipinski definition) is 3. The number of thiophene rings is 1. The smallest absolute Gasteiger partial charge is 0.325 e. The third kappa shape index (κ3) is 2.99. The second-order valence-electron chi connectivity index (χ2n) is 7.44. The molecule has 0 bridgehead atoms. The molecule has 1 aromatic rings. The molecule has 9 heteroatoms. The van der Waals surface area contributed by atoms with Gasteiger partial charge in [0.25, 0.3) is 11.8 Å². The Labute approximate surface area is 160 Å². The summed E-state index contributed by atoms with van der Waals surface area (Å²) in [5.41, 5.74) is 5.99. The van der Waals surface area contributed by atoms with Crippen LogP contribution in [0.15, 0.2) is 0 Å². The first-order valence-electron chi connectivity index (χ1n) is 9.29. The number of aryl methyl sites for hydroxylation is 1. The molecule has 0 aromatic carbocycles. The van der Waals surface area contributed by atoms with Crippen molar-refractivity contribution in [1.29, 1.82) is 0 Å². The van der Waals surface area contributed by atoms with E-state index in [9.17, 15) is 19.2 Å². The van der Waals surface area contributed by atoms with Crippen LogP contribution in [0.2, 0.25) is 0 Å². The zero-order valence-electron chi connectivity index (χ0n) is 14.9. The first kappa shape index (κ1) is 18.0. The van der Waals surface area contributed by atoms with Crippen LogP contribution < -0.4 is 16.4 Å². The molecule has 5 amide bonds. The summed E-state index contributed by atoms with van der Waals surface area (Å²) in [6.45, 7) is -0.368. The van der Waals surface area contributed by atoms with Crippen molar-refractivity contribution in [2.75, 3.05) is 11.9 Å². The molecule has 27 heavy (non-hydrogen) atoms. The van der Waals surface area contributed by atoms with Gasteiger partial charge in [0.05, 0.1) is 5.56 Å². The molecular weight excluding hydrogens is 368 g/mol. The molecule has 3 aliphatic rings. The molecule has 1 saturated carbocycles. The number of carbonyl (C=O) groups excluding carboxylic acids is 4. The number of imide groups is 1. The maximum Gasteiger partial charge on any atom is 0.325 e. The Hall–Kier alpha value is -2.42.